The Balaban J connectivity index is 1.40. The summed E-state index contributed by atoms with van der Waals surface area (Å²) in [5.41, 5.74) is 2.79. The van der Waals surface area contributed by atoms with Gasteiger partial charge < -0.3 is 4.74 Å². The van der Waals surface area contributed by atoms with Crippen LogP contribution in [0.2, 0.25) is 0 Å². The maximum atomic E-state index is 12.7. The molecule has 0 N–H and O–H groups in total. The second-order valence-electron chi connectivity index (χ2n) is 10.7. The lowest BCUT2D eigenvalue weighted by Crippen LogP contribution is -2.36. The molecule has 0 radical (unpaired) electrons. The van der Waals surface area contributed by atoms with Gasteiger partial charge >= 0.3 is 5.97 Å². The second-order valence-corrected chi connectivity index (χ2v) is 10.7. The quantitative estimate of drug-likeness (QED) is 0.278. The van der Waals surface area contributed by atoms with E-state index in [9.17, 15) is 4.79 Å². The Morgan fingerprint density at radius 2 is 1.52 bits per heavy atom. The van der Waals surface area contributed by atoms with Crippen molar-refractivity contribution in [2.45, 2.75) is 117 Å². The zero-order chi connectivity index (χ0) is 22.1. The Bertz CT molecular complexity index is 646. The van der Waals surface area contributed by atoms with Gasteiger partial charge in [-0.2, -0.15) is 0 Å². The van der Waals surface area contributed by atoms with Crippen LogP contribution < -0.4 is 0 Å². The molecule has 3 rings (SSSR count). The number of carbonyl (C=O) groups excluding carboxylic acids is 1. The molecule has 174 valence electrons. The topological polar surface area (TPSA) is 26.3 Å². The Labute approximate surface area is 191 Å². The largest absolute Gasteiger partial charge is 0.465 e. The van der Waals surface area contributed by atoms with Gasteiger partial charge in [0.05, 0.1) is 12.0 Å². The van der Waals surface area contributed by atoms with Gasteiger partial charge in [-0.05, 0) is 100 Å². The minimum absolute atomic E-state index is 0.0673. The van der Waals surface area contributed by atoms with Crippen LogP contribution >= 0.6 is 0 Å². The lowest BCUT2D eigenvalue weighted by molar-refractivity contribution is -0.158. The molecule has 2 aliphatic carbocycles. The van der Waals surface area contributed by atoms with E-state index in [1.54, 1.807) is 5.56 Å². The van der Waals surface area contributed by atoms with E-state index in [0.29, 0.717) is 6.61 Å². The van der Waals surface area contributed by atoms with E-state index in [0.717, 1.165) is 37.0 Å². The number of carbonyl (C=O) groups is 1. The Morgan fingerprint density at radius 3 is 2.13 bits per heavy atom. The summed E-state index contributed by atoms with van der Waals surface area (Å²) in [7, 11) is 0. The predicted molar refractivity (Wildman–Crippen MR) is 130 cm³/mol. The molecule has 2 heteroatoms. The van der Waals surface area contributed by atoms with E-state index in [1.165, 1.54) is 76.2 Å². The number of hydrogen-bond donors (Lipinski definition) is 0. The third-order valence-corrected chi connectivity index (χ3v) is 8.29. The van der Waals surface area contributed by atoms with Crippen molar-refractivity contribution < 1.29 is 9.53 Å². The Hall–Kier alpha value is -1.31. The highest BCUT2D eigenvalue weighted by Gasteiger charge is 2.41. The second kappa shape index (κ2) is 12.1. The van der Waals surface area contributed by atoms with Gasteiger partial charge in [-0.1, -0.05) is 63.8 Å². The van der Waals surface area contributed by atoms with Crippen LogP contribution in [0, 0.1) is 17.3 Å². The summed E-state index contributed by atoms with van der Waals surface area (Å²) in [4.78, 5) is 12.7. The van der Waals surface area contributed by atoms with Crippen LogP contribution in [0.3, 0.4) is 0 Å². The molecule has 31 heavy (non-hydrogen) atoms. The molecule has 0 aromatic heterocycles. The molecule has 0 atom stereocenters. The summed E-state index contributed by atoms with van der Waals surface area (Å²) >= 11 is 0. The molecule has 2 aliphatic rings. The fourth-order valence-electron chi connectivity index (χ4n) is 5.99. The van der Waals surface area contributed by atoms with E-state index in [1.807, 2.05) is 0 Å². The summed E-state index contributed by atoms with van der Waals surface area (Å²) in [5, 5.41) is 0. The first kappa shape index (κ1) is 24.3. The number of ether oxygens (including phenoxy) is 1. The van der Waals surface area contributed by atoms with Gasteiger partial charge in [0.2, 0.25) is 0 Å². The minimum atomic E-state index is -0.237. The molecule has 1 aromatic carbocycles. The highest BCUT2D eigenvalue weighted by atomic mass is 16.5. The normalized spacial score (nSPS) is 28.9. The SMILES string of the molecule is CCCCCCOC(=O)C1(C)CCC(C2CCC(c3ccc(CCC)cc3)CC2)CC1. The molecule has 2 fully saturated rings. The minimum Gasteiger partial charge on any atom is -0.465 e. The molecule has 0 amide bonds. The van der Waals surface area contributed by atoms with Crippen LogP contribution in [-0.2, 0) is 16.0 Å². The number of benzene rings is 1. The standard InChI is InChI=1S/C29H46O2/c1-4-6-7-8-22-31-28(30)29(3)20-18-27(19-21-29)26-16-14-25(15-17-26)24-12-10-23(9-5-2)11-13-24/h10-13,25-27H,4-9,14-22H2,1-3H3. The van der Waals surface area contributed by atoms with Crippen molar-refractivity contribution in [2.75, 3.05) is 6.61 Å². The van der Waals surface area contributed by atoms with Gasteiger partial charge in [-0.3, -0.25) is 4.79 Å². The van der Waals surface area contributed by atoms with Crippen LogP contribution in [-0.4, -0.2) is 12.6 Å². The lowest BCUT2D eigenvalue weighted by Gasteiger charge is -2.41. The van der Waals surface area contributed by atoms with E-state index in [4.69, 9.17) is 4.74 Å². The average Bonchev–Trinajstić information content (AvgIpc) is 2.80. The van der Waals surface area contributed by atoms with Crippen LogP contribution in [0.25, 0.3) is 0 Å². The number of esters is 1. The van der Waals surface area contributed by atoms with Gasteiger partial charge in [0.15, 0.2) is 0 Å². The molecular weight excluding hydrogens is 380 g/mol. The molecule has 0 aliphatic heterocycles. The van der Waals surface area contributed by atoms with Crippen molar-refractivity contribution in [3.63, 3.8) is 0 Å². The van der Waals surface area contributed by atoms with Crippen molar-refractivity contribution in [1.82, 2.24) is 0 Å². The fourth-order valence-corrected chi connectivity index (χ4v) is 5.99. The maximum absolute atomic E-state index is 12.7. The van der Waals surface area contributed by atoms with Gasteiger partial charge in [0, 0.05) is 0 Å². The molecule has 0 unspecified atom stereocenters. The number of rotatable bonds is 10. The maximum Gasteiger partial charge on any atom is 0.311 e. The van der Waals surface area contributed by atoms with E-state index < -0.39 is 0 Å². The molecule has 2 nitrogen and oxygen atoms in total. The average molecular weight is 427 g/mol. The highest BCUT2D eigenvalue weighted by molar-refractivity contribution is 5.76. The van der Waals surface area contributed by atoms with Gasteiger partial charge in [-0.15, -0.1) is 0 Å². The summed E-state index contributed by atoms with van der Waals surface area (Å²) in [5.74, 6) is 2.50. The first-order chi connectivity index (χ1) is 15.1. The molecule has 1 aromatic rings. The van der Waals surface area contributed by atoms with Crippen LogP contribution in [0.15, 0.2) is 24.3 Å². The van der Waals surface area contributed by atoms with Gasteiger partial charge in [0.25, 0.3) is 0 Å². The van der Waals surface area contributed by atoms with Crippen molar-refractivity contribution >= 4 is 5.97 Å². The molecule has 2 saturated carbocycles. The summed E-state index contributed by atoms with van der Waals surface area (Å²) < 4.78 is 5.66. The number of unbranched alkanes of at least 4 members (excludes halogenated alkanes) is 3. The van der Waals surface area contributed by atoms with E-state index in [-0.39, 0.29) is 11.4 Å². The first-order valence-electron chi connectivity index (χ1n) is 13.3. The molecule has 0 bridgehead atoms. The third kappa shape index (κ3) is 6.83. The monoisotopic (exact) mass is 426 g/mol. The van der Waals surface area contributed by atoms with Crippen molar-refractivity contribution in [3.8, 4) is 0 Å². The molecule has 0 heterocycles. The number of aryl methyl sites for hydroxylation is 1. The van der Waals surface area contributed by atoms with Crippen LogP contribution in [0.4, 0.5) is 0 Å². The number of hydrogen-bond acceptors (Lipinski definition) is 2. The fraction of sp³-hybridized carbons (Fsp3) is 0.759. The third-order valence-electron chi connectivity index (χ3n) is 8.29. The molecule has 0 saturated heterocycles. The molecular formula is C29H46O2. The van der Waals surface area contributed by atoms with Crippen molar-refractivity contribution in [2.24, 2.45) is 17.3 Å². The summed E-state index contributed by atoms with van der Waals surface area (Å²) in [6, 6.07) is 9.46. The van der Waals surface area contributed by atoms with Crippen molar-refractivity contribution in [3.05, 3.63) is 35.4 Å². The molecule has 0 spiro atoms. The van der Waals surface area contributed by atoms with Crippen LogP contribution in [0.5, 0.6) is 0 Å². The predicted octanol–water partition coefficient (Wildman–Crippen LogP) is 8.23. The lowest BCUT2D eigenvalue weighted by atomic mass is 9.64. The zero-order valence-electron chi connectivity index (χ0n) is 20.5. The zero-order valence-corrected chi connectivity index (χ0v) is 20.5. The first-order valence-corrected chi connectivity index (χ1v) is 13.3. The van der Waals surface area contributed by atoms with Crippen molar-refractivity contribution in [1.29, 1.82) is 0 Å². The van der Waals surface area contributed by atoms with Gasteiger partial charge in [0.1, 0.15) is 0 Å². The Kier molecular flexibility index (Phi) is 9.48. The highest BCUT2D eigenvalue weighted by Crippen LogP contribution is 2.47. The van der Waals surface area contributed by atoms with E-state index >= 15 is 0 Å². The van der Waals surface area contributed by atoms with E-state index in [2.05, 4.69) is 45.0 Å². The summed E-state index contributed by atoms with van der Waals surface area (Å²) in [6.45, 7) is 7.22. The summed E-state index contributed by atoms with van der Waals surface area (Å²) in [6.07, 6.45) is 16.9. The Morgan fingerprint density at radius 1 is 0.871 bits per heavy atom. The van der Waals surface area contributed by atoms with Crippen LogP contribution in [0.1, 0.15) is 121 Å². The van der Waals surface area contributed by atoms with Gasteiger partial charge in [-0.25, -0.2) is 0 Å². The smallest absolute Gasteiger partial charge is 0.311 e.